The third-order valence-corrected chi connectivity index (χ3v) is 2.04. The Balaban J connectivity index is 2.71. The molecule has 2 aromatic rings. The van der Waals surface area contributed by atoms with Crippen LogP contribution in [0.2, 0.25) is 0 Å². The molecule has 0 saturated carbocycles. The highest BCUT2D eigenvalue weighted by molar-refractivity contribution is 5.87. The summed E-state index contributed by atoms with van der Waals surface area (Å²) >= 11 is 0. The fraction of sp³-hybridized carbons (Fsp3) is 0.200. The third kappa shape index (κ3) is 1.22. The van der Waals surface area contributed by atoms with E-state index in [9.17, 15) is 4.79 Å². The Morgan fingerprint density at radius 2 is 2.38 bits per heavy atom. The van der Waals surface area contributed by atoms with E-state index in [-0.39, 0.29) is 0 Å². The maximum atomic E-state index is 10.5. The van der Waals surface area contributed by atoms with Crippen molar-refractivity contribution in [2.24, 2.45) is 0 Å². The second-order valence-electron chi connectivity index (χ2n) is 2.86. The predicted molar refractivity (Wildman–Crippen MR) is 48.8 cm³/mol. The molecule has 3 nitrogen and oxygen atoms in total. The molecule has 0 aliphatic carbocycles. The number of fused-ring (bicyclic) bond motifs is 1. The number of aromatic nitrogens is 1. The van der Waals surface area contributed by atoms with Crippen LogP contribution >= 0.6 is 0 Å². The topological polar surface area (TPSA) is 43.1 Å². The summed E-state index contributed by atoms with van der Waals surface area (Å²) < 4.78 is 5.07. The Morgan fingerprint density at radius 3 is 3.08 bits per heavy atom. The van der Waals surface area contributed by atoms with Gasteiger partial charge in [0.2, 0.25) is 0 Å². The standard InChI is InChI=1S/C10H9NO2/c1-2-9-8-5-7(6-12)3-4-10(8)13-11-9/h3-6H,2H2,1H3. The average Bonchev–Trinajstić information content (AvgIpc) is 2.59. The lowest BCUT2D eigenvalue weighted by molar-refractivity contribution is 0.112. The summed E-state index contributed by atoms with van der Waals surface area (Å²) in [5.41, 5.74) is 2.30. The Bertz CT molecular complexity index is 445. The van der Waals surface area contributed by atoms with Crippen LogP contribution in [0.25, 0.3) is 11.0 Å². The number of rotatable bonds is 2. The quantitative estimate of drug-likeness (QED) is 0.657. The van der Waals surface area contributed by atoms with E-state index in [4.69, 9.17) is 4.52 Å². The van der Waals surface area contributed by atoms with Crippen LogP contribution in [-0.2, 0) is 6.42 Å². The highest BCUT2D eigenvalue weighted by atomic mass is 16.5. The maximum Gasteiger partial charge on any atom is 0.167 e. The van der Waals surface area contributed by atoms with Crippen molar-refractivity contribution >= 4 is 17.3 Å². The highest BCUT2D eigenvalue weighted by Gasteiger charge is 2.05. The molecule has 1 heterocycles. The van der Waals surface area contributed by atoms with E-state index in [0.29, 0.717) is 5.56 Å². The summed E-state index contributed by atoms with van der Waals surface area (Å²) in [6.07, 6.45) is 1.64. The Hall–Kier alpha value is -1.64. The van der Waals surface area contributed by atoms with Crippen LogP contribution in [0.4, 0.5) is 0 Å². The molecule has 0 amide bonds. The van der Waals surface area contributed by atoms with Crippen molar-refractivity contribution in [1.29, 1.82) is 0 Å². The van der Waals surface area contributed by atoms with E-state index in [2.05, 4.69) is 5.16 Å². The van der Waals surface area contributed by atoms with E-state index < -0.39 is 0 Å². The van der Waals surface area contributed by atoms with E-state index >= 15 is 0 Å². The zero-order chi connectivity index (χ0) is 9.26. The second-order valence-corrected chi connectivity index (χ2v) is 2.86. The van der Waals surface area contributed by atoms with Gasteiger partial charge in [-0.3, -0.25) is 4.79 Å². The summed E-state index contributed by atoms with van der Waals surface area (Å²) in [4.78, 5) is 10.5. The molecule has 0 fully saturated rings. The van der Waals surface area contributed by atoms with Crippen LogP contribution < -0.4 is 0 Å². The molecule has 66 valence electrons. The van der Waals surface area contributed by atoms with Gasteiger partial charge in [0, 0.05) is 10.9 Å². The van der Waals surface area contributed by atoms with Gasteiger partial charge in [0.05, 0.1) is 5.69 Å². The molecule has 0 spiro atoms. The van der Waals surface area contributed by atoms with Gasteiger partial charge in [-0.1, -0.05) is 12.1 Å². The van der Waals surface area contributed by atoms with Gasteiger partial charge in [-0.15, -0.1) is 0 Å². The first kappa shape index (κ1) is 7.98. The normalized spacial score (nSPS) is 10.5. The van der Waals surface area contributed by atoms with Crippen molar-refractivity contribution in [2.45, 2.75) is 13.3 Å². The van der Waals surface area contributed by atoms with Crippen LogP contribution in [-0.4, -0.2) is 11.4 Å². The van der Waals surface area contributed by atoms with Gasteiger partial charge in [0.15, 0.2) is 5.58 Å². The minimum absolute atomic E-state index is 0.658. The Kier molecular flexibility index (Phi) is 1.85. The number of benzene rings is 1. The lowest BCUT2D eigenvalue weighted by atomic mass is 10.1. The van der Waals surface area contributed by atoms with Crippen molar-refractivity contribution in [1.82, 2.24) is 5.16 Å². The summed E-state index contributed by atoms with van der Waals surface area (Å²) in [5.74, 6) is 0. The van der Waals surface area contributed by atoms with Crippen LogP contribution in [0.5, 0.6) is 0 Å². The number of nitrogens with zero attached hydrogens (tertiary/aromatic N) is 1. The van der Waals surface area contributed by atoms with Crippen molar-refractivity contribution in [3.05, 3.63) is 29.5 Å². The molecule has 1 aromatic carbocycles. The number of carbonyl (C=O) groups excluding carboxylic acids is 1. The average molecular weight is 175 g/mol. The first-order chi connectivity index (χ1) is 6.35. The number of carbonyl (C=O) groups is 1. The second kappa shape index (κ2) is 3.01. The minimum Gasteiger partial charge on any atom is -0.356 e. The lowest BCUT2D eigenvalue weighted by Gasteiger charge is -1.90. The van der Waals surface area contributed by atoms with Gasteiger partial charge in [0.25, 0.3) is 0 Å². The molecule has 0 radical (unpaired) electrons. The summed E-state index contributed by atoms with van der Waals surface area (Å²) in [6.45, 7) is 2.00. The van der Waals surface area contributed by atoms with Crippen molar-refractivity contribution in [3.63, 3.8) is 0 Å². The summed E-state index contributed by atoms with van der Waals surface area (Å²) in [5, 5.41) is 4.84. The van der Waals surface area contributed by atoms with Gasteiger partial charge >= 0.3 is 0 Å². The molecular weight excluding hydrogens is 166 g/mol. The van der Waals surface area contributed by atoms with E-state index in [1.807, 2.05) is 6.92 Å². The molecule has 0 N–H and O–H groups in total. The van der Waals surface area contributed by atoms with Crippen molar-refractivity contribution in [3.8, 4) is 0 Å². The molecule has 13 heavy (non-hydrogen) atoms. The zero-order valence-electron chi connectivity index (χ0n) is 7.28. The number of hydrogen-bond acceptors (Lipinski definition) is 3. The predicted octanol–water partition coefficient (Wildman–Crippen LogP) is 2.20. The molecule has 0 saturated heterocycles. The van der Waals surface area contributed by atoms with Gasteiger partial charge in [-0.05, 0) is 24.6 Å². The largest absolute Gasteiger partial charge is 0.356 e. The molecule has 0 bridgehead atoms. The van der Waals surface area contributed by atoms with Gasteiger partial charge in [0.1, 0.15) is 6.29 Å². The van der Waals surface area contributed by atoms with Crippen LogP contribution in [0.3, 0.4) is 0 Å². The smallest absolute Gasteiger partial charge is 0.167 e. The van der Waals surface area contributed by atoms with Gasteiger partial charge in [-0.2, -0.15) is 0 Å². The molecule has 0 aliphatic rings. The number of aryl methyl sites for hydroxylation is 1. The summed E-state index contributed by atoms with van der Waals surface area (Å²) in [6, 6.07) is 5.29. The molecule has 0 atom stereocenters. The SMILES string of the molecule is CCc1noc2ccc(C=O)cc12. The molecular formula is C10H9NO2. The fourth-order valence-electron chi connectivity index (χ4n) is 1.33. The van der Waals surface area contributed by atoms with Crippen LogP contribution in [0, 0.1) is 0 Å². The highest BCUT2D eigenvalue weighted by Crippen LogP contribution is 2.19. The molecule has 0 aliphatic heterocycles. The summed E-state index contributed by atoms with van der Waals surface area (Å²) in [7, 11) is 0. The third-order valence-electron chi connectivity index (χ3n) is 2.04. The van der Waals surface area contributed by atoms with Crippen molar-refractivity contribution in [2.75, 3.05) is 0 Å². The zero-order valence-corrected chi connectivity index (χ0v) is 7.28. The lowest BCUT2D eigenvalue weighted by Crippen LogP contribution is -1.81. The monoisotopic (exact) mass is 175 g/mol. The van der Waals surface area contributed by atoms with E-state index in [1.54, 1.807) is 18.2 Å². The first-order valence-corrected chi connectivity index (χ1v) is 4.18. The Labute approximate surface area is 75.3 Å². The fourth-order valence-corrected chi connectivity index (χ4v) is 1.33. The van der Waals surface area contributed by atoms with Gasteiger partial charge < -0.3 is 4.52 Å². The molecule has 1 aromatic heterocycles. The van der Waals surface area contributed by atoms with Gasteiger partial charge in [-0.25, -0.2) is 0 Å². The van der Waals surface area contributed by atoms with E-state index in [1.165, 1.54) is 0 Å². The van der Waals surface area contributed by atoms with Crippen molar-refractivity contribution < 1.29 is 9.32 Å². The van der Waals surface area contributed by atoms with Crippen LogP contribution in [0.1, 0.15) is 23.0 Å². The maximum absolute atomic E-state index is 10.5. The first-order valence-electron chi connectivity index (χ1n) is 4.18. The molecule has 0 unspecified atom stereocenters. The minimum atomic E-state index is 0.658. The Morgan fingerprint density at radius 1 is 1.54 bits per heavy atom. The number of hydrogen-bond donors (Lipinski definition) is 0. The molecule has 2 rings (SSSR count). The number of aldehydes is 1. The van der Waals surface area contributed by atoms with E-state index in [0.717, 1.165) is 29.4 Å². The molecule has 3 heteroatoms. The van der Waals surface area contributed by atoms with Crippen LogP contribution in [0.15, 0.2) is 22.7 Å².